The summed E-state index contributed by atoms with van der Waals surface area (Å²) in [6.45, 7) is 1.41. The Morgan fingerprint density at radius 2 is 1.38 bits per heavy atom. The summed E-state index contributed by atoms with van der Waals surface area (Å²) in [5.74, 6) is 0. The highest BCUT2D eigenvalue weighted by molar-refractivity contribution is 5.77. The van der Waals surface area contributed by atoms with Crippen LogP contribution in [-0.2, 0) is 0 Å². The normalized spacial score (nSPS) is 11.8. The predicted molar refractivity (Wildman–Crippen MR) is 66.5 cm³/mol. The quantitative estimate of drug-likeness (QED) is 0.564. The molecule has 2 heterocycles. The van der Waals surface area contributed by atoms with Gasteiger partial charge < -0.3 is 9.97 Å². The van der Waals surface area contributed by atoms with E-state index < -0.39 is 0 Å². The zero-order chi connectivity index (χ0) is 11.1. The maximum absolute atomic E-state index is 4.25. The van der Waals surface area contributed by atoms with Gasteiger partial charge in [-0.2, -0.15) is 0 Å². The lowest BCUT2D eigenvalue weighted by molar-refractivity contribution is 0.983. The molecule has 2 aromatic heterocycles. The fraction of sp³-hybridized carbons (Fsp3) is 0.167. The predicted octanol–water partition coefficient (Wildman–Crippen LogP) is 1.88. The van der Waals surface area contributed by atoms with E-state index in [1.54, 1.807) is 0 Å². The van der Waals surface area contributed by atoms with Crippen molar-refractivity contribution in [1.82, 2.24) is 9.97 Å². The number of hydrogen-bond acceptors (Lipinski definition) is 2. The standard InChI is InChI=1S/C12H14N4/c1-3-11(15-5-1)9-13-7-8-14-10-12-4-2-6-16-12/h1-6,9-10,15-16H,7-8H2. The maximum atomic E-state index is 4.25. The average Bonchev–Trinajstić information content (AvgIpc) is 2.96. The molecule has 0 aliphatic heterocycles. The summed E-state index contributed by atoms with van der Waals surface area (Å²) >= 11 is 0. The van der Waals surface area contributed by atoms with Gasteiger partial charge in [-0.1, -0.05) is 0 Å². The van der Waals surface area contributed by atoms with E-state index in [9.17, 15) is 0 Å². The lowest BCUT2D eigenvalue weighted by atomic mass is 10.4. The van der Waals surface area contributed by atoms with Gasteiger partial charge in [0.15, 0.2) is 0 Å². The number of aromatic amines is 2. The molecule has 0 fully saturated rings. The van der Waals surface area contributed by atoms with Crippen LogP contribution in [0.2, 0.25) is 0 Å². The Bertz CT molecular complexity index is 393. The molecule has 0 aliphatic carbocycles. The van der Waals surface area contributed by atoms with Gasteiger partial charge in [0, 0.05) is 24.8 Å². The van der Waals surface area contributed by atoms with Crippen molar-refractivity contribution in [2.75, 3.05) is 13.1 Å². The van der Waals surface area contributed by atoms with Crippen LogP contribution in [0.25, 0.3) is 0 Å². The summed E-state index contributed by atoms with van der Waals surface area (Å²) in [7, 11) is 0. The van der Waals surface area contributed by atoms with Crippen molar-refractivity contribution in [2.45, 2.75) is 0 Å². The number of hydrogen-bond donors (Lipinski definition) is 2. The Balaban J connectivity index is 1.69. The Morgan fingerprint density at radius 3 is 1.75 bits per heavy atom. The van der Waals surface area contributed by atoms with Gasteiger partial charge in [-0.15, -0.1) is 0 Å². The molecule has 2 rings (SSSR count). The van der Waals surface area contributed by atoms with Crippen molar-refractivity contribution in [3.8, 4) is 0 Å². The maximum Gasteiger partial charge on any atom is 0.0586 e. The van der Waals surface area contributed by atoms with Crippen LogP contribution < -0.4 is 0 Å². The number of nitrogens with one attached hydrogen (secondary N) is 2. The second-order valence-corrected chi connectivity index (χ2v) is 3.32. The highest BCUT2D eigenvalue weighted by atomic mass is 14.8. The van der Waals surface area contributed by atoms with Crippen LogP contribution in [0.5, 0.6) is 0 Å². The monoisotopic (exact) mass is 214 g/mol. The number of aliphatic imine (C=N–C) groups is 2. The van der Waals surface area contributed by atoms with Crippen molar-refractivity contribution in [3.05, 3.63) is 48.0 Å². The molecule has 2 aromatic rings. The molecule has 0 saturated heterocycles. The van der Waals surface area contributed by atoms with Crippen molar-refractivity contribution in [2.24, 2.45) is 9.98 Å². The first-order valence-electron chi connectivity index (χ1n) is 5.21. The van der Waals surface area contributed by atoms with Gasteiger partial charge >= 0.3 is 0 Å². The van der Waals surface area contributed by atoms with Crippen LogP contribution in [0.4, 0.5) is 0 Å². The van der Waals surface area contributed by atoms with Gasteiger partial charge in [-0.05, 0) is 24.3 Å². The molecule has 16 heavy (non-hydrogen) atoms. The Morgan fingerprint density at radius 1 is 0.875 bits per heavy atom. The van der Waals surface area contributed by atoms with E-state index in [2.05, 4.69) is 20.0 Å². The third kappa shape index (κ3) is 3.24. The zero-order valence-corrected chi connectivity index (χ0v) is 8.93. The van der Waals surface area contributed by atoms with Gasteiger partial charge in [-0.25, -0.2) is 0 Å². The SMILES string of the molecule is C(=NCCN=Cc1ccc[nH]1)c1ccc[nH]1. The molecular weight excluding hydrogens is 200 g/mol. The van der Waals surface area contributed by atoms with Crippen LogP contribution in [0.3, 0.4) is 0 Å². The Labute approximate surface area is 94.2 Å². The second-order valence-electron chi connectivity index (χ2n) is 3.32. The number of H-pyrrole nitrogens is 2. The molecule has 0 saturated carbocycles. The number of nitrogens with zero attached hydrogens (tertiary/aromatic N) is 2. The number of aromatic nitrogens is 2. The summed E-state index contributed by atoms with van der Waals surface area (Å²) in [5, 5.41) is 0. The van der Waals surface area contributed by atoms with Crippen molar-refractivity contribution >= 4 is 12.4 Å². The van der Waals surface area contributed by atoms with E-state index >= 15 is 0 Å². The molecule has 0 aliphatic rings. The van der Waals surface area contributed by atoms with Gasteiger partial charge in [0.2, 0.25) is 0 Å². The highest BCUT2D eigenvalue weighted by Gasteiger charge is 1.85. The van der Waals surface area contributed by atoms with E-state index in [-0.39, 0.29) is 0 Å². The molecule has 0 unspecified atom stereocenters. The summed E-state index contributed by atoms with van der Waals surface area (Å²) in [5.41, 5.74) is 2.04. The van der Waals surface area contributed by atoms with Crippen LogP contribution in [0, 0.1) is 0 Å². The fourth-order valence-corrected chi connectivity index (χ4v) is 1.29. The highest BCUT2D eigenvalue weighted by Crippen LogP contribution is 1.90. The van der Waals surface area contributed by atoms with E-state index in [1.807, 2.05) is 49.1 Å². The first-order chi connectivity index (χ1) is 7.95. The number of rotatable bonds is 5. The summed E-state index contributed by atoms with van der Waals surface area (Å²) in [4.78, 5) is 14.6. The van der Waals surface area contributed by atoms with E-state index in [4.69, 9.17) is 0 Å². The first-order valence-corrected chi connectivity index (χ1v) is 5.21. The third-order valence-electron chi connectivity index (χ3n) is 2.06. The molecule has 0 radical (unpaired) electrons. The van der Waals surface area contributed by atoms with E-state index in [1.165, 1.54) is 0 Å². The fourth-order valence-electron chi connectivity index (χ4n) is 1.29. The molecule has 0 bridgehead atoms. The molecule has 4 nitrogen and oxygen atoms in total. The van der Waals surface area contributed by atoms with Crippen molar-refractivity contribution in [1.29, 1.82) is 0 Å². The van der Waals surface area contributed by atoms with Crippen LogP contribution >= 0.6 is 0 Å². The average molecular weight is 214 g/mol. The van der Waals surface area contributed by atoms with Gasteiger partial charge in [-0.3, -0.25) is 9.98 Å². The summed E-state index contributed by atoms with van der Waals surface area (Å²) in [6.07, 6.45) is 7.41. The molecule has 82 valence electrons. The summed E-state index contributed by atoms with van der Waals surface area (Å²) < 4.78 is 0. The van der Waals surface area contributed by atoms with Gasteiger partial charge in [0.1, 0.15) is 0 Å². The topological polar surface area (TPSA) is 56.3 Å². The molecule has 0 spiro atoms. The van der Waals surface area contributed by atoms with Crippen molar-refractivity contribution < 1.29 is 0 Å². The first kappa shape index (κ1) is 10.4. The van der Waals surface area contributed by atoms with Crippen LogP contribution in [0.15, 0.2) is 46.6 Å². The lowest BCUT2D eigenvalue weighted by Crippen LogP contribution is -1.90. The minimum Gasteiger partial charge on any atom is -0.360 e. The van der Waals surface area contributed by atoms with Crippen LogP contribution in [-0.4, -0.2) is 35.5 Å². The van der Waals surface area contributed by atoms with E-state index in [0.29, 0.717) is 13.1 Å². The van der Waals surface area contributed by atoms with Crippen LogP contribution in [0.1, 0.15) is 11.4 Å². The zero-order valence-electron chi connectivity index (χ0n) is 8.93. The Hall–Kier alpha value is -2.10. The molecule has 2 N–H and O–H groups in total. The van der Waals surface area contributed by atoms with Crippen molar-refractivity contribution in [3.63, 3.8) is 0 Å². The minimum absolute atomic E-state index is 0.705. The lowest BCUT2D eigenvalue weighted by Gasteiger charge is -1.88. The molecule has 4 heteroatoms. The van der Waals surface area contributed by atoms with Gasteiger partial charge in [0.25, 0.3) is 0 Å². The molecule has 0 aromatic carbocycles. The van der Waals surface area contributed by atoms with Gasteiger partial charge in [0.05, 0.1) is 24.5 Å². The Kier molecular flexibility index (Phi) is 3.71. The largest absolute Gasteiger partial charge is 0.360 e. The molecule has 0 atom stereocenters. The molecule has 0 amide bonds. The second kappa shape index (κ2) is 5.70. The smallest absolute Gasteiger partial charge is 0.0586 e. The third-order valence-corrected chi connectivity index (χ3v) is 2.06. The van der Waals surface area contributed by atoms with E-state index in [0.717, 1.165) is 11.4 Å². The summed E-state index contributed by atoms with van der Waals surface area (Å²) in [6, 6.07) is 7.85. The minimum atomic E-state index is 0.705. The molecular formula is C12H14N4.